The highest BCUT2D eigenvalue weighted by molar-refractivity contribution is 14.1. The van der Waals surface area contributed by atoms with Gasteiger partial charge in [0.25, 0.3) is 0 Å². The molecule has 2 atom stereocenters. The summed E-state index contributed by atoms with van der Waals surface area (Å²) >= 11 is 7.71. The van der Waals surface area contributed by atoms with Crippen molar-refractivity contribution in [3.05, 3.63) is 60.2 Å². The molecule has 0 saturated carbocycles. The topological polar surface area (TPSA) is 54.4 Å². The van der Waals surface area contributed by atoms with Crippen LogP contribution in [0.2, 0.25) is 0 Å². The Morgan fingerprint density at radius 2 is 1.59 bits per heavy atom. The molecule has 3 nitrogen and oxygen atoms in total. The van der Waals surface area contributed by atoms with Crippen molar-refractivity contribution in [1.29, 1.82) is 0 Å². The predicted octanol–water partition coefficient (Wildman–Crippen LogP) is 4.15. The summed E-state index contributed by atoms with van der Waals surface area (Å²) in [6.45, 7) is 1.51. The first-order chi connectivity index (χ1) is 10.3. The van der Waals surface area contributed by atoms with Gasteiger partial charge in [-0.1, -0.05) is 73.1 Å². The van der Waals surface area contributed by atoms with Crippen LogP contribution in [0.15, 0.2) is 54.6 Å². The van der Waals surface area contributed by atoms with E-state index in [1.54, 1.807) is 34.7 Å². The maximum atomic E-state index is 12.0. The van der Waals surface area contributed by atoms with Crippen LogP contribution in [0, 0.1) is 0 Å². The molecular formula is C16H16ClIO3S. The maximum Gasteiger partial charge on any atom is 0.225 e. The first-order valence-electron chi connectivity index (χ1n) is 6.73. The van der Waals surface area contributed by atoms with E-state index in [1.807, 2.05) is 42.5 Å². The van der Waals surface area contributed by atoms with Crippen LogP contribution in [0.5, 0.6) is 0 Å². The minimum Gasteiger partial charge on any atom is -0.385 e. The lowest BCUT2D eigenvalue weighted by atomic mass is 10.0. The molecule has 0 amide bonds. The fourth-order valence-corrected chi connectivity index (χ4v) is 4.65. The zero-order valence-corrected chi connectivity index (χ0v) is 15.6. The molecule has 2 aromatic carbocycles. The summed E-state index contributed by atoms with van der Waals surface area (Å²) in [6.07, 6.45) is -1.30. The molecule has 0 aliphatic heterocycles. The highest BCUT2D eigenvalue weighted by atomic mass is 127. The summed E-state index contributed by atoms with van der Waals surface area (Å²) in [7, 11) is -3.61. The Hall–Kier alpha value is -0.630. The van der Waals surface area contributed by atoms with E-state index < -0.39 is 18.2 Å². The van der Waals surface area contributed by atoms with Crippen molar-refractivity contribution in [1.82, 2.24) is 0 Å². The van der Waals surface area contributed by atoms with Crippen LogP contribution in [0.3, 0.4) is 0 Å². The lowest BCUT2D eigenvalue weighted by Crippen LogP contribution is -2.34. The van der Waals surface area contributed by atoms with Gasteiger partial charge in [-0.3, -0.25) is 0 Å². The van der Waals surface area contributed by atoms with Crippen LogP contribution in [-0.2, 0) is 9.84 Å². The summed E-state index contributed by atoms with van der Waals surface area (Å²) < 4.78 is 22.3. The Morgan fingerprint density at radius 3 is 2.09 bits per heavy atom. The average Bonchev–Trinajstić information content (AvgIpc) is 2.55. The number of halogens is 2. The molecule has 6 heteroatoms. The molecule has 2 aromatic rings. The Bertz CT molecular complexity index is 728. The smallest absolute Gasteiger partial charge is 0.225 e. The fraction of sp³-hybridized carbons (Fsp3) is 0.250. The van der Waals surface area contributed by atoms with Crippen LogP contribution in [0.25, 0.3) is 11.1 Å². The Balaban J connectivity index is 2.31. The van der Waals surface area contributed by atoms with Gasteiger partial charge in [0.1, 0.15) is 6.10 Å². The van der Waals surface area contributed by atoms with Crippen molar-refractivity contribution in [3.8, 4) is 11.1 Å². The van der Waals surface area contributed by atoms with Gasteiger partial charge < -0.3 is 5.11 Å². The standard InChI is InChI=1S/C16H16ClIO3S/c1-2-22(20,21)16(17,18)15(19)14-10-8-13(9-11-14)12-6-4-3-5-7-12/h3-11,15,19H,2H2,1H3/t15-,16+/m0/s1. The minimum atomic E-state index is -3.61. The van der Waals surface area contributed by atoms with E-state index in [0.29, 0.717) is 5.56 Å². The minimum absolute atomic E-state index is 0.126. The second-order valence-electron chi connectivity index (χ2n) is 4.86. The molecule has 2 rings (SSSR count). The summed E-state index contributed by atoms with van der Waals surface area (Å²) in [5.41, 5.74) is 2.51. The molecule has 0 aliphatic carbocycles. The van der Waals surface area contributed by atoms with Crippen LogP contribution < -0.4 is 0 Å². The van der Waals surface area contributed by atoms with Gasteiger partial charge in [-0.2, -0.15) is 0 Å². The molecule has 0 aromatic heterocycles. The molecule has 118 valence electrons. The molecule has 0 heterocycles. The number of alkyl halides is 2. The monoisotopic (exact) mass is 450 g/mol. The van der Waals surface area contributed by atoms with E-state index in [0.717, 1.165) is 11.1 Å². The Kier molecular flexibility index (Phi) is 5.53. The number of hydrogen-bond acceptors (Lipinski definition) is 3. The number of rotatable bonds is 5. The summed E-state index contributed by atoms with van der Waals surface area (Å²) in [5, 5.41) is 10.4. The SMILES string of the molecule is CCS(=O)(=O)[C@](Cl)(I)[C@@H](O)c1ccc(-c2ccccc2)cc1. The van der Waals surface area contributed by atoms with Crippen molar-refractivity contribution in [2.75, 3.05) is 5.75 Å². The zero-order valence-electron chi connectivity index (χ0n) is 11.9. The quantitative estimate of drug-likeness (QED) is 0.550. The molecular weight excluding hydrogens is 435 g/mol. The second-order valence-corrected chi connectivity index (χ2v) is 11.2. The van der Waals surface area contributed by atoms with E-state index >= 15 is 0 Å². The van der Waals surface area contributed by atoms with Gasteiger partial charge in [-0.25, -0.2) is 8.42 Å². The summed E-state index contributed by atoms with van der Waals surface area (Å²) in [4.78, 5) is 0. The van der Waals surface area contributed by atoms with Crippen LogP contribution in [0.1, 0.15) is 18.6 Å². The zero-order chi connectivity index (χ0) is 16.4. The van der Waals surface area contributed by atoms with Crippen molar-refractivity contribution < 1.29 is 13.5 Å². The Morgan fingerprint density at radius 1 is 1.09 bits per heavy atom. The first-order valence-corrected chi connectivity index (χ1v) is 9.84. The summed E-state index contributed by atoms with van der Waals surface area (Å²) in [6, 6.07) is 16.9. The fourth-order valence-electron chi connectivity index (χ4n) is 2.05. The number of aliphatic hydroxyl groups is 1. The third kappa shape index (κ3) is 3.48. The third-order valence-electron chi connectivity index (χ3n) is 3.45. The van der Waals surface area contributed by atoms with Gasteiger partial charge in [0, 0.05) is 0 Å². The van der Waals surface area contributed by atoms with E-state index in [-0.39, 0.29) is 5.75 Å². The number of aliphatic hydroxyl groups excluding tert-OH is 1. The van der Waals surface area contributed by atoms with E-state index in [9.17, 15) is 13.5 Å². The van der Waals surface area contributed by atoms with E-state index in [1.165, 1.54) is 6.92 Å². The van der Waals surface area contributed by atoms with Crippen LogP contribution in [-0.4, -0.2) is 21.5 Å². The van der Waals surface area contributed by atoms with Crippen molar-refractivity contribution in [2.45, 2.75) is 15.2 Å². The van der Waals surface area contributed by atoms with Gasteiger partial charge >= 0.3 is 0 Å². The average molecular weight is 451 g/mol. The van der Waals surface area contributed by atoms with Crippen molar-refractivity contribution in [3.63, 3.8) is 0 Å². The molecule has 0 aliphatic rings. The molecule has 0 spiro atoms. The lowest BCUT2D eigenvalue weighted by molar-refractivity contribution is 0.187. The second kappa shape index (κ2) is 6.86. The molecule has 0 unspecified atom stereocenters. The predicted molar refractivity (Wildman–Crippen MR) is 98.9 cm³/mol. The molecule has 0 radical (unpaired) electrons. The highest BCUT2D eigenvalue weighted by Gasteiger charge is 2.45. The normalized spacial score (nSPS) is 16.0. The lowest BCUT2D eigenvalue weighted by Gasteiger charge is -2.26. The number of sulfone groups is 1. The van der Waals surface area contributed by atoms with E-state index in [4.69, 9.17) is 11.6 Å². The largest absolute Gasteiger partial charge is 0.385 e. The van der Waals surface area contributed by atoms with E-state index in [2.05, 4.69) is 0 Å². The molecule has 1 N–H and O–H groups in total. The molecule has 0 saturated heterocycles. The van der Waals surface area contributed by atoms with Gasteiger partial charge in [-0.15, -0.1) is 0 Å². The van der Waals surface area contributed by atoms with Crippen molar-refractivity contribution in [2.24, 2.45) is 0 Å². The third-order valence-corrected chi connectivity index (χ3v) is 8.77. The van der Waals surface area contributed by atoms with Gasteiger partial charge in [0.2, 0.25) is 2.21 Å². The highest BCUT2D eigenvalue weighted by Crippen LogP contribution is 2.43. The summed E-state index contributed by atoms with van der Waals surface area (Å²) in [5.74, 6) is -0.126. The van der Waals surface area contributed by atoms with Gasteiger partial charge in [0.15, 0.2) is 9.84 Å². The molecule has 22 heavy (non-hydrogen) atoms. The van der Waals surface area contributed by atoms with Crippen LogP contribution in [0.4, 0.5) is 0 Å². The molecule has 0 bridgehead atoms. The number of hydrogen-bond donors (Lipinski definition) is 1. The Labute approximate surface area is 149 Å². The van der Waals surface area contributed by atoms with Crippen molar-refractivity contribution >= 4 is 44.0 Å². The van der Waals surface area contributed by atoms with Gasteiger partial charge in [0.05, 0.1) is 5.75 Å². The first kappa shape index (κ1) is 17.7. The molecule has 0 fully saturated rings. The maximum absolute atomic E-state index is 12.0. The number of benzene rings is 2. The van der Waals surface area contributed by atoms with Gasteiger partial charge in [-0.05, 0) is 39.3 Å². The van der Waals surface area contributed by atoms with Crippen LogP contribution >= 0.6 is 34.2 Å².